The van der Waals surface area contributed by atoms with Gasteiger partial charge in [0, 0.05) is 20.8 Å². The molecule has 0 spiro atoms. The molecule has 6 saturated heterocycles. The summed E-state index contributed by atoms with van der Waals surface area (Å²) in [6.45, 7) is -0.181. The standard InChI is InChI=1S/C42H71N3O30/c1-10-22(53)28(59)31(62)40(66-10)75-36-30(61)24(55)15(6-47)70-42(36)74-35-21(45-13(4)52)39(68-16(7-48)25(35)56)73-34-20(44-12(3)51)37(64)67-18(26(34)57)9-65-38-19(43-11(2)50)27(58)33(17(8-49)71-38)72-41-32(63)29(60)23(54)14(5-46)69-41/h10,14-42,46-49,53-64H,5-9H2,1-4H3,(H,43,50)(H,44,51)(H,45,52)/t10-,14+,15+,16+,17+,18+,19+,20+,21+,22+,23-,24-,25+,26-,27+,28+,29-,30-,31-,32+,33+,34+,35+,36+,37-,38+,39-,40-,41-,42-/m0/s1. The summed E-state index contributed by atoms with van der Waals surface area (Å²) in [5.74, 6) is -2.44. The van der Waals surface area contributed by atoms with Crippen molar-refractivity contribution in [3.05, 3.63) is 0 Å². The van der Waals surface area contributed by atoms with E-state index in [4.69, 9.17) is 52.1 Å². The van der Waals surface area contributed by atoms with Gasteiger partial charge < -0.3 is 150 Å². The van der Waals surface area contributed by atoms with Gasteiger partial charge in [-0.2, -0.15) is 0 Å². The summed E-state index contributed by atoms with van der Waals surface area (Å²) in [5, 5.41) is 179. The number of ether oxygens (including phenoxy) is 11. The fraction of sp³-hybridized carbons (Fsp3) is 0.929. The molecule has 33 heteroatoms. The molecule has 6 heterocycles. The summed E-state index contributed by atoms with van der Waals surface area (Å²) in [6, 6.07) is -5.11. The Morgan fingerprint density at radius 2 is 0.787 bits per heavy atom. The molecule has 0 unspecified atom stereocenters. The monoisotopic (exact) mass is 1100 g/mol. The second-order valence-corrected chi connectivity index (χ2v) is 19.0. The smallest absolute Gasteiger partial charge is 0.217 e. The van der Waals surface area contributed by atoms with Crippen molar-refractivity contribution in [3.8, 4) is 0 Å². The largest absolute Gasteiger partial charge is 0.394 e. The first-order valence-corrected chi connectivity index (χ1v) is 23.9. The maximum Gasteiger partial charge on any atom is 0.217 e. The lowest BCUT2D eigenvalue weighted by Gasteiger charge is -2.50. The van der Waals surface area contributed by atoms with Gasteiger partial charge in [-0.15, -0.1) is 0 Å². The molecule has 6 fully saturated rings. The van der Waals surface area contributed by atoms with Crippen molar-refractivity contribution in [2.75, 3.05) is 33.0 Å². The Kier molecular flexibility index (Phi) is 21.8. The SMILES string of the molecule is CC(=O)N[C@@H]1[C@@H](O[C@@H]2O[C@H](CO)[C@@H](O)[C@H](O[C@@H]3O[C@H](CO)[C@H](O)[C@H](O)[C@H]3O[C@@H]3O[C@@H](C)[C@@H](O)[C@@H](O)[C@@H]3O)[C@H]2NC(C)=O)[C@@H](O)[C@@H](CO[C@@H]2O[C@H](CO)[C@@H](O[C@@H]3O[C@H](CO)[C@H](O)[C@H](O)[C@H]3O)[C@H](O)[C@H]2NC(C)=O)O[C@@H]1O. The van der Waals surface area contributed by atoms with E-state index in [9.17, 15) is 96.1 Å². The van der Waals surface area contributed by atoms with Gasteiger partial charge in [-0.25, -0.2) is 0 Å². The molecule has 33 nitrogen and oxygen atoms in total. The van der Waals surface area contributed by atoms with Gasteiger partial charge in [0.25, 0.3) is 0 Å². The summed E-state index contributed by atoms with van der Waals surface area (Å²) in [5.41, 5.74) is 0. The third kappa shape index (κ3) is 13.7. The molecule has 6 aliphatic heterocycles. The van der Waals surface area contributed by atoms with E-state index in [1.807, 2.05) is 0 Å². The molecule has 0 saturated carbocycles. The maximum absolute atomic E-state index is 12.9. The average Bonchev–Trinajstić information content (AvgIpc) is 3.36. The number of hydrogen-bond acceptors (Lipinski definition) is 30. The van der Waals surface area contributed by atoms with Crippen LogP contribution in [-0.2, 0) is 66.5 Å². The van der Waals surface area contributed by atoms with Crippen LogP contribution in [0.1, 0.15) is 27.7 Å². The van der Waals surface area contributed by atoms with Crippen LogP contribution < -0.4 is 16.0 Å². The van der Waals surface area contributed by atoms with Gasteiger partial charge >= 0.3 is 0 Å². The molecule has 3 amide bonds. The van der Waals surface area contributed by atoms with Crippen LogP contribution in [0.3, 0.4) is 0 Å². The van der Waals surface area contributed by atoms with Gasteiger partial charge in [0.1, 0.15) is 140 Å². The van der Waals surface area contributed by atoms with Gasteiger partial charge in [-0.05, 0) is 6.92 Å². The zero-order valence-corrected chi connectivity index (χ0v) is 40.7. The molecule has 6 aliphatic rings. The number of aliphatic hydroxyl groups excluding tert-OH is 16. The lowest BCUT2D eigenvalue weighted by molar-refractivity contribution is -0.384. The highest BCUT2D eigenvalue weighted by Crippen LogP contribution is 2.36. The van der Waals surface area contributed by atoms with Crippen molar-refractivity contribution in [2.24, 2.45) is 0 Å². The van der Waals surface area contributed by atoms with Gasteiger partial charge in [0.15, 0.2) is 37.7 Å². The first-order chi connectivity index (χ1) is 35.4. The van der Waals surface area contributed by atoms with Crippen LogP contribution in [0, 0.1) is 0 Å². The summed E-state index contributed by atoms with van der Waals surface area (Å²) >= 11 is 0. The molecule has 0 radical (unpaired) electrons. The minimum atomic E-state index is -2.09. The van der Waals surface area contributed by atoms with Crippen molar-refractivity contribution in [1.82, 2.24) is 16.0 Å². The highest BCUT2D eigenvalue weighted by Gasteiger charge is 2.57. The van der Waals surface area contributed by atoms with Crippen LogP contribution in [0.25, 0.3) is 0 Å². The number of aliphatic hydroxyl groups is 16. The van der Waals surface area contributed by atoms with Crippen molar-refractivity contribution < 1.29 is 148 Å². The van der Waals surface area contributed by atoms with E-state index in [0.29, 0.717) is 0 Å². The average molecular weight is 1100 g/mol. The Bertz CT molecular complexity index is 1850. The molecule has 0 aromatic heterocycles. The number of carbonyl (C=O) groups is 3. The van der Waals surface area contributed by atoms with Gasteiger partial charge in [-0.1, -0.05) is 0 Å². The topological polar surface area (TPSA) is 513 Å². The number of carbonyl (C=O) groups excluding carboxylic acids is 3. The fourth-order valence-electron chi connectivity index (χ4n) is 9.55. The normalized spacial score (nSPS) is 48.6. The van der Waals surface area contributed by atoms with Crippen molar-refractivity contribution >= 4 is 17.7 Å². The van der Waals surface area contributed by atoms with E-state index in [-0.39, 0.29) is 0 Å². The van der Waals surface area contributed by atoms with E-state index >= 15 is 0 Å². The van der Waals surface area contributed by atoms with Crippen LogP contribution in [0.4, 0.5) is 0 Å². The van der Waals surface area contributed by atoms with E-state index in [1.165, 1.54) is 6.92 Å². The summed E-state index contributed by atoms with van der Waals surface area (Å²) in [6.07, 6.45) is -49.2. The fourth-order valence-corrected chi connectivity index (χ4v) is 9.55. The first kappa shape index (κ1) is 61.5. The van der Waals surface area contributed by atoms with Gasteiger partial charge in [0.05, 0.1) is 39.1 Å². The first-order valence-electron chi connectivity index (χ1n) is 23.9. The van der Waals surface area contributed by atoms with Gasteiger partial charge in [0.2, 0.25) is 17.7 Å². The van der Waals surface area contributed by atoms with Gasteiger partial charge in [-0.3, -0.25) is 14.4 Å². The quantitative estimate of drug-likeness (QED) is 0.0606. The highest BCUT2D eigenvalue weighted by molar-refractivity contribution is 5.74. The Morgan fingerprint density at radius 3 is 1.36 bits per heavy atom. The van der Waals surface area contributed by atoms with Crippen LogP contribution in [0.2, 0.25) is 0 Å². The predicted molar refractivity (Wildman–Crippen MR) is 233 cm³/mol. The second-order valence-electron chi connectivity index (χ2n) is 19.0. The Labute approximate surface area is 426 Å². The molecule has 75 heavy (non-hydrogen) atoms. The highest BCUT2D eigenvalue weighted by atomic mass is 16.8. The zero-order valence-electron chi connectivity index (χ0n) is 40.7. The van der Waals surface area contributed by atoms with Crippen molar-refractivity contribution in [1.29, 1.82) is 0 Å². The second kappa shape index (κ2) is 26.5. The summed E-state index contributed by atoms with van der Waals surface area (Å²) in [4.78, 5) is 37.8. The van der Waals surface area contributed by atoms with Crippen LogP contribution in [0.15, 0.2) is 0 Å². The number of amides is 3. The predicted octanol–water partition coefficient (Wildman–Crippen LogP) is -12.6. The van der Waals surface area contributed by atoms with E-state index < -0.39 is 235 Å². The third-order valence-electron chi connectivity index (χ3n) is 13.6. The maximum atomic E-state index is 12.9. The molecule has 434 valence electrons. The third-order valence-corrected chi connectivity index (χ3v) is 13.6. The summed E-state index contributed by atoms with van der Waals surface area (Å²) < 4.78 is 63.7. The molecule has 0 aliphatic carbocycles. The number of hydrogen-bond donors (Lipinski definition) is 19. The number of nitrogens with one attached hydrogen (secondary N) is 3. The Balaban J connectivity index is 1.25. The van der Waals surface area contributed by atoms with E-state index in [0.717, 1.165) is 20.8 Å². The minimum Gasteiger partial charge on any atom is -0.394 e. The van der Waals surface area contributed by atoms with Crippen molar-refractivity contribution in [2.45, 2.75) is 212 Å². The lowest BCUT2D eigenvalue weighted by atomic mass is 9.93. The van der Waals surface area contributed by atoms with Crippen LogP contribution in [-0.4, -0.2) is 317 Å². The Hall–Kier alpha value is -2.67. The molecule has 0 aromatic rings. The molecular weight excluding hydrogens is 1030 g/mol. The molecule has 0 bridgehead atoms. The molecule has 30 atom stereocenters. The van der Waals surface area contributed by atoms with E-state index in [1.54, 1.807) is 0 Å². The molecular formula is C42H71N3O30. The van der Waals surface area contributed by atoms with E-state index in [2.05, 4.69) is 16.0 Å². The molecule has 19 N–H and O–H groups in total. The Morgan fingerprint density at radius 1 is 0.373 bits per heavy atom. The van der Waals surface area contributed by atoms with Crippen LogP contribution in [0.5, 0.6) is 0 Å². The lowest BCUT2D eigenvalue weighted by Crippen LogP contribution is -2.71. The molecule has 0 aromatic carbocycles. The zero-order chi connectivity index (χ0) is 55.5. The minimum absolute atomic E-state index is 0.775. The number of rotatable bonds is 18. The molecule has 6 rings (SSSR count). The van der Waals surface area contributed by atoms with Crippen molar-refractivity contribution in [3.63, 3.8) is 0 Å². The van der Waals surface area contributed by atoms with Crippen LogP contribution >= 0.6 is 0 Å². The summed E-state index contributed by atoms with van der Waals surface area (Å²) in [7, 11) is 0.